The van der Waals surface area contributed by atoms with Crippen LogP contribution in [0.2, 0.25) is 0 Å². The molecule has 0 bridgehead atoms. The lowest BCUT2D eigenvalue weighted by atomic mass is 9.88. The van der Waals surface area contributed by atoms with Crippen LogP contribution in [0.4, 0.5) is 4.39 Å². The second kappa shape index (κ2) is 5.37. The van der Waals surface area contributed by atoms with Crippen molar-refractivity contribution < 1.29 is 4.39 Å². The Bertz CT molecular complexity index is 333. The molecule has 90 valence electrons. The van der Waals surface area contributed by atoms with E-state index in [0.29, 0.717) is 5.69 Å². The Balaban J connectivity index is 2.72. The zero-order valence-corrected chi connectivity index (χ0v) is 10.1. The van der Waals surface area contributed by atoms with Crippen LogP contribution in [0.3, 0.4) is 0 Å². The van der Waals surface area contributed by atoms with Crippen LogP contribution in [-0.2, 0) is 0 Å². The van der Waals surface area contributed by atoms with Gasteiger partial charge < -0.3 is 0 Å². The third kappa shape index (κ3) is 3.87. The molecule has 0 aliphatic heterocycles. The second-order valence-electron chi connectivity index (χ2n) is 5.19. The summed E-state index contributed by atoms with van der Waals surface area (Å²) in [6.45, 7) is 6.44. The normalized spacial score (nSPS) is 13.8. The number of rotatable bonds is 4. The minimum atomic E-state index is -0.306. The second-order valence-corrected chi connectivity index (χ2v) is 5.19. The highest BCUT2D eigenvalue weighted by Gasteiger charge is 2.19. The van der Waals surface area contributed by atoms with Crippen molar-refractivity contribution in [3.63, 3.8) is 0 Å². The number of nitrogens with zero attached hydrogens (tertiary/aromatic N) is 1. The first-order valence-corrected chi connectivity index (χ1v) is 5.50. The van der Waals surface area contributed by atoms with Gasteiger partial charge in [0.15, 0.2) is 0 Å². The number of hydrogen-bond donors (Lipinski definition) is 2. The minimum absolute atomic E-state index is 0.209. The lowest BCUT2D eigenvalue weighted by Crippen LogP contribution is -2.30. The molecule has 3 N–H and O–H groups in total. The van der Waals surface area contributed by atoms with Gasteiger partial charge in [0, 0.05) is 6.20 Å². The van der Waals surface area contributed by atoms with Gasteiger partial charge in [-0.3, -0.25) is 16.3 Å². The largest absolute Gasteiger partial charge is 0.271 e. The average molecular weight is 225 g/mol. The van der Waals surface area contributed by atoms with E-state index in [1.54, 1.807) is 12.3 Å². The number of nitrogens with two attached hydrogens (primary N) is 1. The number of pyridine rings is 1. The first-order chi connectivity index (χ1) is 7.44. The van der Waals surface area contributed by atoms with E-state index >= 15 is 0 Å². The molecule has 0 aliphatic carbocycles. The number of hydrogen-bond acceptors (Lipinski definition) is 3. The number of nitrogens with one attached hydrogen (secondary N) is 1. The maximum absolute atomic E-state index is 13.5. The van der Waals surface area contributed by atoms with E-state index in [-0.39, 0.29) is 17.3 Å². The molecule has 1 atom stereocenters. The van der Waals surface area contributed by atoms with Crippen LogP contribution in [0, 0.1) is 11.2 Å². The first kappa shape index (κ1) is 13.1. The summed E-state index contributed by atoms with van der Waals surface area (Å²) in [5, 5.41) is 0. The van der Waals surface area contributed by atoms with Crippen molar-refractivity contribution >= 4 is 0 Å². The Morgan fingerprint density at radius 3 is 2.69 bits per heavy atom. The van der Waals surface area contributed by atoms with Crippen LogP contribution in [0.5, 0.6) is 0 Å². The standard InChI is InChI=1S/C12H20FN3/c1-12(2,3)7-6-10(16-14)11-9(13)5-4-8-15-11/h4-5,8,10,16H,6-7,14H2,1-3H3. The molecular formula is C12H20FN3. The van der Waals surface area contributed by atoms with Crippen LogP contribution < -0.4 is 11.3 Å². The van der Waals surface area contributed by atoms with Gasteiger partial charge in [0.05, 0.1) is 11.7 Å². The molecule has 0 saturated heterocycles. The predicted octanol–water partition coefficient (Wildman–Crippen LogP) is 2.55. The summed E-state index contributed by atoms with van der Waals surface area (Å²) in [6, 6.07) is 2.76. The van der Waals surface area contributed by atoms with E-state index in [0.717, 1.165) is 12.8 Å². The van der Waals surface area contributed by atoms with E-state index in [1.807, 2.05) is 0 Å². The van der Waals surface area contributed by atoms with E-state index < -0.39 is 0 Å². The highest BCUT2D eigenvalue weighted by Crippen LogP contribution is 2.26. The monoisotopic (exact) mass is 225 g/mol. The van der Waals surface area contributed by atoms with Gasteiger partial charge >= 0.3 is 0 Å². The van der Waals surface area contributed by atoms with E-state index in [1.165, 1.54) is 6.07 Å². The van der Waals surface area contributed by atoms with Crippen molar-refractivity contribution in [2.75, 3.05) is 0 Å². The molecule has 0 radical (unpaired) electrons. The summed E-state index contributed by atoms with van der Waals surface area (Å²) < 4.78 is 13.5. The van der Waals surface area contributed by atoms with Crippen molar-refractivity contribution in [1.82, 2.24) is 10.4 Å². The van der Waals surface area contributed by atoms with Crippen LogP contribution in [0.1, 0.15) is 45.3 Å². The van der Waals surface area contributed by atoms with Gasteiger partial charge in [-0.2, -0.15) is 0 Å². The van der Waals surface area contributed by atoms with Crippen molar-refractivity contribution in [2.24, 2.45) is 11.3 Å². The average Bonchev–Trinajstić information content (AvgIpc) is 2.20. The molecular weight excluding hydrogens is 205 g/mol. The molecule has 1 heterocycles. The van der Waals surface area contributed by atoms with Gasteiger partial charge in [0.1, 0.15) is 5.82 Å². The molecule has 16 heavy (non-hydrogen) atoms. The van der Waals surface area contributed by atoms with Crippen LogP contribution in [-0.4, -0.2) is 4.98 Å². The van der Waals surface area contributed by atoms with Gasteiger partial charge in [-0.1, -0.05) is 20.8 Å². The molecule has 0 saturated carbocycles. The fourth-order valence-corrected chi connectivity index (χ4v) is 1.53. The lowest BCUT2D eigenvalue weighted by Gasteiger charge is -2.22. The smallest absolute Gasteiger partial charge is 0.146 e. The third-order valence-electron chi connectivity index (χ3n) is 2.50. The van der Waals surface area contributed by atoms with Gasteiger partial charge in [-0.15, -0.1) is 0 Å². The van der Waals surface area contributed by atoms with E-state index in [2.05, 4.69) is 31.2 Å². The summed E-state index contributed by atoms with van der Waals surface area (Å²) in [6.07, 6.45) is 3.31. The highest BCUT2D eigenvalue weighted by atomic mass is 19.1. The molecule has 3 nitrogen and oxygen atoms in total. The molecule has 4 heteroatoms. The van der Waals surface area contributed by atoms with Crippen LogP contribution in [0.15, 0.2) is 18.3 Å². The maximum atomic E-state index is 13.5. The van der Waals surface area contributed by atoms with E-state index in [9.17, 15) is 4.39 Å². The summed E-state index contributed by atoms with van der Waals surface area (Å²) in [4.78, 5) is 4.03. The summed E-state index contributed by atoms with van der Waals surface area (Å²) >= 11 is 0. The Hall–Kier alpha value is -1.00. The van der Waals surface area contributed by atoms with Gasteiger partial charge in [-0.25, -0.2) is 4.39 Å². The van der Waals surface area contributed by atoms with E-state index in [4.69, 9.17) is 5.84 Å². The minimum Gasteiger partial charge on any atom is -0.271 e. The molecule has 0 spiro atoms. The van der Waals surface area contributed by atoms with Crippen molar-refractivity contribution in [3.05, 3.63) is 29.8 Å². The van der Waals surface area contributed by atoms with Crippen LogP contribution in [0.25, 0.3) is 0 Å². The lowest BCUT2D eigenvalue weighted by molar-refractivity contribution is 0.327. The fourth-order valence-electron chi connectivity index (χ4n) is 1.53. The summed E-state index contributed by atoms with van der Waals surface area (Å²) in [7, 11) is 0. The summed E-state index contributed by atoms with van der Waals surface area (Å²) in [5.74, 6) is 5.14. The highest BCUT2D eigenvalue weighted by molar-refractivity contribution is 5.11. The van der Waals surface area contributed by atoms with Gasteiger partial charge in [-0.05, 0) is 30.4 Å². The molecule has 1 unspecified atom stereocenters. The molecule has 1 aromatic rings. The Labute approximate surface area is 96.2 Å². The molecule has 1 rings (SSSR count). The number of hydrazine groups is 1. The third-order valence-corrected chi connectivity index (χ3v) is 2.50. The quantitative estimate of drug-likeness (QED) is 0.611. The predicted molar refractivity (Wildman–Crippen MR) is 62.9 cm³/mol. The first-order valence-electron chi connectivity index (χ1n) is 5.50. The number of halogens is 1. The Morgan fingerprint density at radius 1 is 1.50 bits per heavy atom. The number of aromatic nitrogens is 1. The Kier molecular flexibility index (Phi) is 4.38. The maximum Gasteiger partial charge on any atom is 0.146 e. The SMILES string of the molecule is CC(C)(C)CCC(NN)c1ncccc1F. The Morgan fingerprint density at radius 2 is 2.19 bits per heavy atom. The molecule has 0 amide bonds. The van der Waals surface area contributed by atoms with Crippen molar-refractivity contribution in [2.45, 2.75) is 39.7 Å². The summed E-state index contributed by atoms with van der Waals surface area (Å²) in [5.41, 5.74) is 3.24. The van der Waals surface area contributed by atoms with Crippen LogP contribution >= 0.6 is 0 Å². The molecule has 0 aliphatic rings. The molecule has 0 fully saturated rings. The van der Waals surface area contributed by atoms with Crippen molar-refractivity contribution in [1.29, 1.82) is 0 Å². The zero-order valence-electron chi connectivity index (χ0n) is 10.1. The molecule has 1 aromatic heterocycles. The fraction of sp³-hybridized carbons (Fsp3) is 0.583. The molecule has 0 aromatic carbocycles. The van der Waals surface area contributed by atoms with Gasteiger partial charge in [0.25, 0.3) is 0 Å². The zero-order chi connectivity index (χ0) is 12.2. The van der Waals surface area contributed by atoms with Crippen molar-refractivity contribution in [3.8, 4) is 0 Å². The topological polar surface area (TPSA) is 50.9 Å². The van der Waals surface area contributed by atoms with Gasteiger partial charge in [0.2, 0.25) is 0 Å².